The Balaban J connectivity index is 2.08. The second-order valence-corrected chi connectivity index (χ2v) is 6.44. The fourth-order valence-corrected chi connectivity index (χ4v) is 3.41. The normalized spacial score (nSPS) is 13.2. The van der Waals surface area contributed by atoms with Crippen LogP contribution < -0.4 is 4.74 Å². The quantitative estimate of drug-likeness (QED) is 0.773. The van der Waals surface area contributed by atoms with Crippen molar-refractivity contribution < 1.29 is 14.1 Å². The molecule has 122 valence electrons. The maximum absolute atomic E-state index is 12.9. The number of aliphatic hydroxyl groups is 1. The maximum atomic E-state index is 12.9. The molecule has 0 saturated carbocycles. The van der Waals surface area contributed by atoms with E-state index in [0.29, 0.717) is 16.0 Å². The van der Waals surface area contributed by atoms with Crippen LogP contribution >= 0.6 is 0 Å². The fourth-order valence-electron chi connectivity index (χ4n) is 2.29. The molecule has 0 aliphatic carbocycles. The van der Waals surface area contributed by atoms with Crippen molar-refractivity contribution in [2.75, 3.05) is 7.11 Å². The van der Waals surface area contributed by atoms with Gasteiger partial charge < -0.3 is 9.84 Å². The van der Waals surface area contributed by atoms with E-state index < -0.39 is 16.9 Å². The third kappa shape index (κ3) is 3.34. The molecule has 0 fully saturated rings. The molecule has 0 spiro atoms. The van der Waals surface area contributed by atoms with Crippen molar-refractivity contribution in [2.24, 2.45) is 0 Å². The van der Waals surface area contributed by atoms with Gasteiger partial charge in [0.1, 0.15) is 16.9 Å². The Morgan fingerprint density at radius 3 is 2.25 bits per heavy atom. The van der Waals surface area contributed by atoms with E-state index in [1.54, 1.807) is 42.5 Å². The first-order valence-electron chi connectivity index (χ1n) is 7.32. The van der Waals surface area contributed by atoms with E-state index in [1.807, 2.05) is 24.3 Å². The van der Waals surface area contributed by atoms with Crippen LogP contribution in [0.2, 0.25) is 0 Å². The Morgan fingerprint density at radius 2 is 1.62 bits per heavy atom. The zero-order valence-corrected chi connectivity index (χ0v) is 13.8. The summed E-state index contributed by atoms with van der Waals surface area (Å²) in [6.07, 6.45) is -0.974. The lowest BCUT2D eigenvalue weighted by Crippen LogP contribution is -2.10. The number of methoxy groups -OCH3 is 1. The average Bonchev–Trinajstić information content (AvgIpc) is 2.67. The highest BCUT2D eigenvalue weighted by Gasteiger charge is 2.22. The van der Waals surface area contributed by atoms with Crippen LogP contribution in [0.4, 0.5) is 0 Å². The summed E-state index contributed by atoms with van der Waals surface area (Å²) in [5.41, 5.74) is 1.09. The molecular formula is C18H16N2O3S. The smallest absolute Gasteiger partial charge is 0.233 e. The van der Waals surface area contributed by atoms with Crippen molar-refractivity contribution in [3.8, 4) is 5.88 Å². The molecule has 5 nitrogen and oxygen atoms in total. The summed E-state index contributed by atoms with van der Waals surface area (Å²) >= 11 is 0. The maximum Gasteiger partial charge on any atom is 0.233 e. The first kappa shape index (κ1) is 16.3. The molecular weight excluding hydrogens is 324 g/mol. The van der Waals surface area contributed by atoms with Crippen LogP contribution in [0.1, 0.15) is 17.2 Å². The number of nitrogens with zero attached hydrogens (tertiary/aromatic N) is 2. The molecule has 3 rings (SSSR count). The molecule has 0 saturated heterocycles. The van der Waals surface area contributed by atoms with E-state index in [9.17, 15) is 9.32 Å². The van der Waals surface area contributed by atoms with E-state index in [-0.39, 0.29) is 10.9 Å². The first-order valence-corrected chi connectivity index (χ1v) is 8.47. The van der Waals surface area contributed by atoms with Crippen LogP contribution in [0.25, 0.3) is 0 Å². The molecule has 0 aliphatic heterocycles. The Hall–Kier alpha value is -2.57. The minimum atomic E-state index is -1.55. The van der Waals surface area contributed by atoms with Gasteiger partial charge in [-0.25, -0.2) is 4.21 Å². The van der Waals surface area contributed by atoms with Crippen molar-refractivity contribution in [3.63, 3.8) is 0 Å². The van der Waals surface area contributed by atoms with E-state index in [0.717, 1.165) is 0 Å². The summed E-state index contributed by atoms with van der Waals surface area (Å²) < 4.78 is 18.0. The van der Waals surface area contributed by atoms with Gasteiger partial charge in [-0.3, -0.25) is 0 Å². The highest BCUT2D eigenvalue weighted by molar-refractivity contribution is 7.85. The Labute approximate surface area is 142 Å². The first-order chi connectivity index (χ1) is 11.7. The number of aromatic nitrogens is 2. The second kappa shape index (κ2) is 7.33. The highest BCUT2D eigenvalue weighted by atomic mass is 32.2. The molecule has 24 heavy (non-hydrogen) atoms. The topological polar surface area (TPSA) is 72.3 Å². The summed E-state index contributed by atoms with van der Waals surface area (Å²) in [7, 11) is -0.0833. The average molecular weight is 340 g/mol. The number of ether oxygens (including phenoxy) is 1. The van der Waals surface area contributed by atoms with E-state index in [2.05, 4.69) is 10.2 Å². The van der Waals surface area contributed by atoms with Crippen LogP contribution in [0.3, 0.4) is 0 Å². The largest absolute Gasteiger partial charge is 0.480 e. The lowest BCUT2D eigenvalue weighted by Gasteiger charge is -2.15. The van der Waals surface area contributed by atoms with Crippen LogP contribution in [-0.4, -0.2) is 26.6 Å². The monoisotopic (exact) mass is 340 g/mol. The van der Waals surface area contributed by atoms with Crippen molar-refractivity contribution in [3.05, 3.63) is 77.9 Å². The Bertz CT molecular complexity index is 841. The molecule has 1 aromatic heterocycles. The molecule has 2 unspecified atom stereocenters. The molecule has 1 heterocycles. The Morgan fingerprint density at radius 1 is 1.00 bits per heavy atom. The van der Waals surface area contributed by atoms with Crippen molar-refractivity contribution in [1.82, 2.24) is 10.2 Å². The van der Waals surface area contributed by atoms with Crippen LogP contribution in [0.5, 0.6) is 5.88 Å². The van der Waals surface area contributed by atoms with Gasteiger partial charge in [-0.2, -0.15) is 0 Å². The Kier molecular flexibility index (Phi) is 4.98. The zero-order valence-electron chi connectivity index (χ0n) is 13.0. The van der Waals surface area contributed by atoms with Gasteiger partial charge in [0.15, 0.2) is 5.03 Å². The van der Waals surface area contributed by atoms with Crippen molar-refractivity contribution >= 4 is 10.8 Å². The van der Waals surface area contributed by atoms with Gasteiger partial charge in [-0.1, -0.05) is 48.5 Å². The van der Waals surface area contributed by atoms with Gasteiger partial charge in [0, 0.05) is 16.5 Å². The van der Waals surface area contributed by atoms with Gasteiger partial charge in [-0.05, 0) is 17.7 Å². The molecule has 3 aromatic rings. The molecule has 6 heteroatoms. The van der Waals surface area contributed by atoms with Crippen LogP contribution in [0, 0.1) is 0 Å². The number of benzene rings is 2. The summed E-state index contributed by atoms with van der Waals surface area (Å²) in [4.78, 5) is 0.596. The van der Waals surface area contributed by atoms with Crippen molar-refractivity contribution in [2.45, 2.75) is 16.0 Å². The molecule has 0 amide bonds. The predicted octanol–water partition coefficient (Wildman–Crippen LogP) is 2.73. The van der Waals surface area contributed by atoms with Gasteiger partial charge in [0.2, 0.25) is 5.88 Å². The SMILES string of the molecule is COc1cc(C(O)c2ccccc2)c(S(=O)c2ccccc2)nn1. The number of hydrogen-bond donors (Lipinski definition) is 1. The fraction of sp³-hybridized carbons (Fsp3) is 0.111. The molecule has 1 N–H and O–H groups in total. The molecule has 2 atom stereocenters. The van der Waals surface area contributed by atoms with E-state index in [1.165, 1.54) is 7.11 Å². The molecule has 2 aromatic carbocycles. The second-order valence-electron chi connectivity index (χ2n) is 5.04. The van der Waals surface area contributed by atoms with Gasteiger partial charge in [-0.15, -0.1) is 10.2 Å². The van der Waals surface area contributed by atoms with Crippen molar-refractivity contribution in [1.29, 1.82) is 0 Å². The summed E-state index contributed by atoms with van der Waals surface area (Å²) in [5, 5.41) is 18.9. The summed E-state index contributed by atoms with van der Waals surface area (Å²) in [6.45, 7) is 0. The van der Waals surface area contributed by atoms with E-state index >= 15 is 0 Å². The van der Waals surface area contributed by atoms with Gasteiger partial charge in [0.05, 0.1) is 7.11 Å². The van der Waals surface area contributed by atoms with Crippen LogP contribution in [0.15, 0.2) is 76.7 Å². The highest BCUT2D eigenvalue weighted by Crippen LogP contribution is 2.29. The summed E-state index contributed by atoms with van der Waals surface area (Å²) in [6, 6.07) is 19.7. The minimum Gasteiger partial charge on any atom is -0.480 e. The molecule has 0 bridgehead atoms. The van der Waals surface area contributed by atoms with Gasteiger partial charge >= 0.3 is 0 Å². The molecule has 0 aliphatic rings. The number of rotatable bonds is 5. The third-order valence-corrected chi connectivity index (χ3v) is 4.89. The summed E-state index contributed by atoms with van der Waals surface area (Å²) in [5.74, 6) is 0.258. The van der Waals surface area contributed by atoms with E-state index in [4.69, 9.17) is 4.74 Å². The third-order valence-electron chi connectivity index (χ3n) is 3.52. The predicted molar refractivity (Wildman–Crippen MR) is 90.2 cm³/mol. The zero-order chi connectivity index (χ0) is 16.9. The number of hydrogen-bond acceptors (Lipinski definition) is 5. The van der Waals surface area contributed by atoms with Gasteiger partial charge in [0.25, 0.3) is 0 Å². The molecule has 0 radical (unpaired) electrons. The minimum absolute atomic E-state index is 0.221. The van der Waals surface area contributed by atoms with Crippen LogP contribution in [-0.2, 0) is 10.8 Å². The lowest BCUT2D eigenvalue weighted by molar-refractivity contribution is 0.214. The standard InChI is InChI=1S/C18H16N2O3S/c1-23-16-12-15(17(21)13-8-4-2-5-9-13)18(20-19-16)24(22)14-10-6-3-7-11-14/h2-12,17,21H,1H3. The number of aliphatic hydroxyl groups excluding tert-OH is 1. The lowest BCUT2D eigenvalue weighted by atomic mass is 10.0.